The number of carboxylic acid groups (broad SMARTS) is 1. The first kappa shape index (κ1) is 19.2. The van der Waals surface area contributed by atoms with E-state index in [9.17, 15) is 14.7 Å². The van der Waals surface area contributed by atoms with Gasteiger partial charge in [0.05, 0.1) is 6.10 Å². The molecule has 0 aliphatic carbocycles. The van der Waals surface area contributed by atoms with Crippen molar-refractivity contribution in [3.63, 3.8) is 0 Å². The minimum absolute atomic E-state index is 0.393. The molecule has 1 heterocycles. The molecular formula is C20H22N2O4. The Labute approximate surface area is 152 Å². The Balaban J connectivity index is 2.37. The van der Waals surface area contributed by atoms with Crippen molar-refractivity contribution in [2.75, 3.05) is 11.4 Å². The zero-order valence-corrected chi connectivity index (χ0v) is 15.0. The third kappa shape index (κ3) is 4.92. The monoisotopic (exact) mass is 354 g/mol. The molecule has 1 aromatic carbocycles. The van der Waals surface area contributed by atoms with Gasteiger partial charge < -0.3 is 14.7 Å². The van der Waals surface area contributed by atoms with Crippen molar-refractivity contribution < 1.29 is 19.4 Å². The molecule has 0 bridgehead atoms. The summed E-state index contributed by atoms with van der Waals surface area (Å²) in [6, 6.07) is 11.4. The van der Waals surface area contributed by atoms with E-state index in [0.717, 1.165) is 16.8 Å². The maximum absolute atomic E-state index is 12.1. The van der Waals surface area contributed by atoms with Gasteiger partial charge >= 0.3 is 11.9 Å². The average molecular weight is 354 g/mol. The minimum atomic E-state index is -1.32. The van der Waals surface area contributed by atoms with Crippen LogP contribution < -0.4 is 4.90 Å². The van der Waals surface area contributed by atoms with Crippen molar-refractivity contribution in [3.8, 4) is 11.1 Å². The van der Waals surface area contributed by atoms with E-state index in [-0.39, 0.29) is 0 Å². The van der Waals surface area contributed by atoms with Crippen molar-refractivity contribution in [1.82, 2.24) is 4.98 Å². The van der Waals surface area contributed by atoms with E-state index in [4.69, 9.17) is 4.74 Å². The molecule has 0 radical (unpaired) electrons. The van der Waals surface area contributed by atoms with Crippen LogP contribution in [0.4, 0.5) is 5.69 Å². The maximum atomic E-state index is 12.1. The Morgan fingerprint density at radius 2 is 1.88 bits per heavy atom. The third-order valence-corrected chi connectivity index (χ3v) is 3.61. The van der Waals surface area contributed by atoms with Gasteiger partial charge in [0.2, 0.25) is 0 Å². The van der Waals surface area contributed by atoms with E-state index in [1.54, 1.807) is 31.1 Å². The highest BCUT2D eigenvalue weighted by molar-refractivity contribution is 6.13. The largest absolute Gasteiger partial charge is 0.477 e. The van der Waals surface area contributed by atoms with Crippen LogP contribution in [-0.2, 0) is 14.3 Å². The molecule has 0 atom stereocenters. The standard InChI is InChI=1S/C20H22N2O4/c1-4-22(13-18(19(23)24)20(25)26-14(2)3)17-7-5-6-16(12-17)15-8-10-21-11-9-15/h5-14H,4H2,1-3H3,(H,23,24). The Morgan fingerprint density at radius 3 is 2.46 bits per heavy atom. The Hall–Kier alpha value is -3.15. The van der Waals surface area contributed by atoms with Crippen LogP contribution in [0, 0.1) is 0 Å². The molecule has 2 rings (SSSR count). The molecule has 0 spiro atoms. The lowest BCUT2D eigenvalue weighted by Gasteiger charge is -2.20. The van der Waals surface area contributed by atoms with Crippen molar-refractivity contribution >= 4 is 17.6 Å². The highest BCUT2D eigenvalue weighted by atomic mass is 16.5. The number of pyridine rings is 1. The Morgan fingerprint density at radius 1 is 1.19 bits per heavy atom. The number of benzene rings is 1. The number of anilines is 1. The molecule has 0 saturated heterocycles. The topological polar surface area (TPSA) is 79.7 Å². The second-order valence-corrected chi connectivity index (χ2v) is 5.87. The molecule has 1 aromatic heterocycles. The number of carbonyl (C=O) groups excluding carboxylic acids is 1. The Bertz CT molecular complexity index is 800. The summed E-state index contributed by atoms with van der Waals surface area (Å²) in [5.41, 5.74) is 2.34. The number of aromatic nitrogens is 1. The van der Waals surface area contributed by atoms with Crippen LogP contribution in [0.1, 0.15) is 20.8 Å². The molecule has 1 N–H and O–H groups in total. The molecule has 0 saturated carbocycles. The van der Waals surface area contributed by atoms with Gasteiger partial charge in [0.15, 0.2) is 5.57 Å². The minimum Gasteiger partial charge on any atom is -0.477 e. The fourth-order valence-electron chi connectivity index (χ4n) is 2.39. The predicted octanol–water partition coefficient (Wildman–Crippen LogP) is 3.50. The van der Waals surface area contributed by atoms with Gasteiger partial charge in [-0.25, -0.2) is 9.59 Å². The van der Waals surface area contributed by atoms with Gasteiger partial charge in [-0.3, -0.25) is 4.98 Å². The van der Waals surface area contributed by atoms with E-state index in [2.05, 4.69) is 4.98 Å². The number of esters is 1. The quantitative estimate of drug-likeness (QED) is 0.355. The summed E-state index contributed by atoms with van der Waals surface area (Å²) in [6.45, 7) is 5.72. The lowest BCUT2D eigenvalue weighted by molar-refractivity contribution is -0.146. The highest BCUT2D eigenvalue weighted by Crippen LogP contribution is 2.25. The maximum Gasteiger partial charge on any atom is 0.347 e. The first-order valence-corrected chi connectivity index (χ1v) is 8.35. The van der Waals surface area contributed by atoms with Gasteiger partial charge in [0.1, 0.15) is 0 Å². The molecule has 2 aromatic rings. The first-order chi connectivity index (χ1) is 12.4. The smallest absolute Gasteiger partial charge is 0.347 e. The normalized spacial score (nSPS) is 11.3. The van der Waals surface area contributed by atoms with Crippen LogP contribution >= 0.6 is 0 Å². The van der Waals surface area contributed by atoms with Gasteiger partial charge in [-0.05, 0) is 56.2 Å². The number of rotatable bonds is 7. The SMILES string of the molecule is CCN(C=C(C(=O)O)C(=O)OC(C)C)c1cccc(-c2ccncc2)c1. The number of hydrogen-bond acceptors (Lipinski definition) is 5. The summed E-state index contributed by atoms with van der Waals surface area (Å²) >= 11 is 0. The number of carboxylic acids is 1. The van der Waals surface area contributed by atoms with Crippen molar-refractivity contribution in [3.05, 3.63) is 60.6 Å². The molecule has 6 nitrogen and oxygen atoms in total. The number of carbonyl (C=O) groups is 2. The molecule has 0 unspecified atom stereocenters. The fraction of sp³-hybridized carbons (Fsp3) is 0.250. The molecule has 0 fully saturated rings. The van der Waals surface area contributed by atoms with E-state index in [0.29, 0.717) is 6.54 Å². The summed E-state index contributed by atoms with van der Waals surface area (Å²) in [5.74, 6) is -2.17. The molecule has 6 heteroatoms. The van der Waals surface area contributed by atoms with Crippen LogP contribution in [-0.4, -0.2) is 34.7 Å². The summed E-state index contributed by atoms with van der Waals surface area (Å²) in [6.07, 6.45) is 4.35. The number of nitrogens with zero attached hydrogens (tertiary/aromatic N) is 2. The average Bonchev–Trinajstić information content (AvgIpc) is 2.62. The van der Waals surface area contributed by atoms with Crippen molar-refractivity contribution in [1.29, 1.82) is 0 Å². The predicted molar refractivity (Wildman–Crippen MR) is 99.6 cm³/mol. The fourth-order valence-corrected chi connectivity index (χ4v) is 2.39. The van der Waals surface area contributed by atoms with Crippen molar-refractivity contribution in [2.24, 2.45) is 0 Å². The summed E-state index contributed by atoms with van der Waals surface area (Å²) in [7, 11) is 0. The van der Waals surface area contributed by atoms with Gasteiger partial charge in [0, 0.05) is 30.8 Å². The van der Waals surface area contributed by atoms with E-state index in [1.807, 2.05) is 43.3 Å². The highest BCUT2D eigenvalue weighted by Gasteiger charge is 2.21. The molecule has 0 amide bonds. The summed E-state index contributed by atoms with van der Waals surface area (Å²) in [5, 5.41) is 9.38. The number of hydrogen-bond donors (Lipinski definition) is 1. The van der Waals surface area contributed by atoms with Gasteiger partial charge in [-0.1, -0.05) is 12.1 Å². The zero-order valence-electron chi connectivity index (χ0n) is 15.0. The lowest BCUT2D eigenvalue weighted by atomic mass is 10.1. The number of ether oxygens (including phenoxy) is 1. The molecule has 0 aliphatic rings. The Kier molecular flexibility index (Phi) is 6.49. The van der Waals surface area contributed by atoms with Gasteiger partial charge in [-0.2, -0.15) is 0 Å². The van der Waals surface area contributed by atoms with Gasteiger partial charge in [0.25, 0.3) is 0 Å². The van der Waals surface area contributed by atoms with E-state index < -0.39 is 23.6 Å². The molecular weight excluding hydrogens is 332 g/mol. The molecule has 136 valence electrons. The lowest BCUT2D eigenvalue weighted by Crippen LogP contribution is -2.24. The molecule has 0 aliphatic heterocycles. The van der Waals surface area contributed by atoms with Crippen LogP contribution in [0.25, 0.3) is 11.1 Å². The summed E-state index contributed by atoms with van der Waals surface area (Å²) < 4.78 is 5.03. The van der Waals surface area contributed by atoms with Crippen molar-refractivity contribution in [2.45, 2.75) is 26.9 Å². The first-order valence-electron chi connectivity index (χ1n) is 8.35. The van der Waals surface area contributed by atoms with Crippen LogP contribution in [0.2, 0.25) is 0 Å². The number of aliphatic carboxylic acids is 1. The third-order valence-electron chi connectivity index (χ3n) is 3.61. The van der Waals surface area contributed by atoms with Crippen LogP contribution in [0.5, 0.6) is 0 Å². The van der Waals surface area contributed by atoms with Gasteiger partial charge in [-0.15, -0.1) is 0 Å². The zero-order chi connectivity index (χ0) is 19.1. The van der Waals surface area contributed by atoms with E-state index >= 15 is 0 Å². The van der Waals surface area contributed by atoms with E-state index in [1.165, 1.54) is 6.20 Å². The van der Waals surface area contributed by atoms with Crippen LogP contribution in [0.3, 0.4) is 0 Å². The second-order valence-electron chi connectivity index (χ2n) is 5.87. The second kappa shape index (κ2) is 8.80. The molecule has 26 heavy (non-hydrogen) atoms. The summed E-state index contributed by atoms with van der Waals surface area (Å²) in [4.78, 5) is 29.3. The van der Waals surface area contributed by atoms with Crippen LogP contribution in [0.15, 0.2) is 60.6 Å².